The summed E-state index contributed by atoms with van der Waals surface area (Å²) in [7, 11) is 1.56. The van der Waals surface area contributed by atoms with Crippen molar-refractivity contribution in [1.82, 2.24) is 25.2 Å². The number of likely N-dealkylation sites (tertiary alicyclic amines) is 1. The predicted octanol–water partition coefficient (Wildman–Crippen LogP) is -0.828. The molecule has 2 heterocycles. The molecule has 8 nitrogen and oxygen atoms in total. The van der Waals surface area contributed by atoms with Crippen molar-refractivity contribution < 1.29 is 14.7 Å². The van der Waals surface area contributed by atoms with Crippen molar-refractivity contribution >= 4 is 12.0 Å². The third kappa shape index (κ3) is 1.69. The highest BCUT2D eigenvalue weighted by Crippen LogP contribution is 2.19. The summed E-state index contributed by atoms with van der Waals surface area (Å²) >= 11 is 0. The lowest BCUT2D eigenvalue weighted by Crippen LogP contribution is -2.53. The first-order valence-corrected chi connectivity index (χ1v) is 4.73. The summed E-state index contributed by atoms with van der Waals surface area (Å²) in [5, 5.41) is 18.4. The zero-order valence-corrected chi connectivity index (χ0v) is 8.62. The minimum Gasteiger partial charge on any atom is -0.476 e. The van der Waals surface area contributed by atoms with E-state index in [2.05, 4.69) is 15.6 Å². The normalized spacial score (nSPS) is 15.7. The highest BCUT2D eigenvalue weighted by Gasteiger charge is 2.32. The molecule has 0 atom stereocenters. The lowest BCUT2D eigenvalue weighted by Gasteiger charge is -2.38. The Bertz CT molecular complexity index is 423. The third-order valence-electron chi connectivity index (χ3n) is 2.47. The number of nitrogens with zero attached hydrogens (tertiary/aromatic N) is 4. The van der Waals surface area contributed by atoms with Gasteiger partial charge in [0.15, 0.2) is 5.69 Å². The van der Waals surface area contributed by atoms with Crippen LogP contribution in [0.2, 0.25) is 0 Å². The van der Waals surface area contributed by atoms with Gasteiger partial charge in [-0.3, -0.25) is 0 Å². The number of aromatic carboxylic acids is 1. The van der Waals surface area contributed by atoms with Gasteiger partial charge in [0.05, 0.1) is 12.2 Å². The second-order valence-electron chi connectivity index (χ2n) is 3.50. The fourth-order valence-corrected chi connectivity index (χ4v) is 1.50. The Morgan fingerprint density at radius 2 is 2.25 bits per heavy atom. The molecule has 1 saturated heterocycles. The molecule has 0 unspecified atom stereocenters. The summed E-state index contributed by atoms with van der Waals surface area (Å²) < 4.78 is 1.48. The number of carboxylic acid groups (broad SMARTS) is 1. The summed E-state index contributed by atoms with van der Waals surface area (Å²) in [6.07, 6.45) is 1.37. The Morgan fingerprint density at radius 1 is 1.56 bits per heavy atom. The molecular weight excluding hydrogens is 214 g/mol. The molecule has 16 heavy (non-hydrogen) atoms. The Hall–Kier alpha value is -2.12. The number of carbonyl (C=O) groups is 2. The largest absolute Gasteiger partial charge is 0.476 e. The topological polar surface area (TPSA) is 100 Å². The predicted molar refractivity (Wildman–Crippen MR) is 52.0 cm³/mol. The number of hydrogen-bond acceptors (Lipinski definition) is 4. The van der Waals surface area contributed by atoms with Crippen LogP contribution in [0.15, 0.2) is 6.20 Å². The molecule has 1 fully saturated rings. The highest BCUT2D eigenvalue weighted by atomic mass is 16.4. The van der Waals surface area contributed by atoms with Crippen LogP contribution in [-0.2, 0) is 0 Å². The van der Waals surface area contributed by atoms with Crippen LogP contribution in [0.1, 0.15) is 16.5 Å². The van der Waals surface area contributed by atoms with Gasteiger partial charge in [-0.05, 0) is 0 Å². The van der Waals surface area contributed by atoms with E-state index in [1.165, 1.54) is 10.9 Å². The summed E-state index contributed by atoms with van der Waals surface area (Å²) in [6.45, 7) is 1.03. The summed E-state index contributed by atoms with van der Waals surface area (Å²) in [5.41, 5.74) is -0.0848. The maximum atomic E-state index is 11.2. The fraction of sp³-hybridized carbons (Fsp3) is 0.500. The third-order valence-corrected chi connectivity index (χ3v) is 2.47. The number of nitrogens with one attached hydrogen (secondary N) is 1. The highest BCUT2D eigenvalue weighted by molar-refractivity contribution is 5.84. The van der Waals surface area contributed by atoms with Crippen molar-refractivity contribution in [3.63, 3.8) is 0 Å². The molecule has 1 aliphatic heterocycles. The molecular formula is C8H11N5O3. The van der Waals surface area contributed by atoms with E-state index in [1.807, 2.05) is 0 Å². The molecule has 0 radical (unpaired) electrons. The maximum absolute atomic E-state index is 11.2. The van der Waals surface area contributed by atoms with Gasteiger partial charge in [0.25, 0.3) is 0 Å². The van der Waals surface area contributed by atoms with Crippen LogP contribution in [-0.4, -0.2) is 57.1 Å². The van der Waals surface area contributed by atoms with Gasteiger partial charge >= 0.3 is 12.0 Å². The van der Waals surface area contributed by atoms with Crippen LogP contribution >= 0.6 is 0 Å². The molecule has 1 aliphatic rings. The first kappa shape index (κ1) is 10.4. The average Bonchev–Trinajstić information content (AvgIpc) is 2.64. The van der Waals surface area contributed by atoms with Crippen molar-refractivity contribution in [2.24, 2.45) is 0 Å². The van der Waals surface area contributed by atoms with Crippen LogP contribution in [0.3, 0.4) is 0 Å². The lowest BCUT2D eigenvalue weighted by atomic mass is 10.1. The van der Waals surface area contributed by atoms with Crippen LogP contribution in [0.25, 0.3) is 0 Å². The zero-order valence-electron chi connectivity index (χ0n) is 8.62. The van der Waals surface area contributed by atoms with Gasteiger partial charge in [-0.2, -0.15) is 0 Å². The van der Waals surface area contributed by atoms with Crippen LogP contribution in [0.4, 0.5) is 4.79 Å². The standard InChI is InChI=1S/C8H11N5O3/c1-9-8(16)12-2-5(3-12)13-4-6(7(14)15)10-11-13/h4-5H,2-3H2,1H3,(H,9,16)(H,14,15). The second kappa shape index (κ2) is 3.80. The molecule has 0 spiro atoms. The Labute approximate surface area is 90.8 Å². The minimum absolute atomic E-state index is 0.0119. The van der Waals surface area contributed by atoms with Gasteiger partial charge in [0.2, 0.25) is 0 Å². The lowest BCUT2D eigenvalue weighted by molar-refractivity contribution is 0.0690. The molecule has 0 aliphatic carbocycles. The number of hydrogen-bond donors (Lipinski definition) is 2. The van der Waals surface area contributed by atoms with Crippen molar-refractivity contribution in [3.8, 4) is 0 Å². The van der Waals surface area contributed by atoms with E-state index in [-0.39, 0.29) is 17.8 Å². The van der Waals surface area contributed by atoms with Gasteiger partial charge in [-0.1, -0.05) is 5.21 Å². The molecule has 8 heteroatoms. The smallest absolute Gasteiger partial charge is 0.358 e. The molecule has 86 valence electrons. The summed E-state index contributed by atoms with van der Waals surface area (Å²) in [5.74, 6) is -1.10. The first-order valence-electron chi connectivity index (χ1n) is 4.73. The van der Waals surface area contributed by atoms with E-state index >= 15 is 0 Å². The van der Waals surface area contributed by atoms with Gasteiger partial charge in [-0.25, -0.2) is 14.3 Å². The Morgan fingerprint density at radius 3 is 2.75 bits per heavy atom. The molecule has 2 N–H and O–H groups in total. The van der Waals surface area contributed by atoms with Crippen molar-refractivity contribution in [1.29, 1.82) is 0 Å². The van der Waals surface area contributed by atoms with Gasteiger partial charge in [0.1, 0.15) is 0 Å². The molecule has 2 amide bonds. The van der Waals surface area contributed by atoms with Gasteiger partial charge in [-0.15, -0.1) is 5.10 Å². The second-order valence-corrected chi connectivity index (χ2v) is 3.50. The van der Waals surface area contributed by atoms with Crippen LogP contribution in [0.5, 0.6) is 0 Å². The number of urea groups is 1. The summed E-state index contributed by atoms with van der Waals surface area (Å²) in [6, 6.07) is -0.132. The van der Waals surface area contributed by atoms with E-state index in [4.69, 9.17) is 5.11 Å². The Balaban J connectivity index is 1.96. The number of rotatable bonds is 2. The SMILES string of the molecule is CNC(=O)N1CC(n2cc(C(=O)O)nn2)C1. The quantitative estimate of drug-likeness (QED) is 0.684. The number of carbonyl (C=O) groups excluding carboxylic acids is 1. The first-order chi connectivity index (χ1) is 7.61. The Kier molecular flexibility index (Phi) is 2.47. The molecule has 0 aromatic carbocycles. The van der Waals surface area contributed by atoms with Crippen molar-refractivity contribution in [2.45, 2.75) is 6.04 Å². The zero-order chi connectivity index (χ0) is 11.7. The fourth-order valence-electron chi connectivity index (χ4n) is 1.50. The van der Waals surface area contributed by atoms with Crippen molar-refractivity contribution in [3.05, 3.63) is 11.9 Å². The molecule has 1 aromatic rings. The van der Waals surface area contributed by atoms with Gasteiger partial charge in [0, 0.05) is 20.1 Å². The molecule has 0 saturated carbocycles. The number of carboxylic acids is 1. The molecule has 1 aromatic heterocycles. The number of amides is 2. The summed E-state index contributed by atoms with van der Waals surface area (Å²) in [4.78, 5) is 23.3. The number of aromatic nitrogens is 3. The van der Waals surface area contributed by atoms with E-state index in [0.29, 0.717) is 13.1 Å². The van der Waals surface area contributed by atoms with E-state index in [9.17, 15) is 9.59 Å². The average molecular weight is 225 g/mol. The maximum Gasteiger partial charge on any atom is 0.358 e. The van der Waals surface area contributed by atoms with Crippen LogP contribution in [0, 0.1) is 0 Å². The van der Waals surface area contributed by atoms with Crippen molar-refractivity contribution in [2.75, 3.05) is 20.1 Å². The monoisotopic (exact) mass is 225 g/mol. The van der Waals surface area contributed by atoms with E-state index in [1.54, 1.807) is 11.9 Å². The minimum atomic E-state index is -1.10. The molecule has 0 bridgehead atoms. The van der Waals surface area contributed by atoms with Crippen LogP contribution < -0.4 is 5.32 Å². The molecule has 2 rings (SSSR count). The van der Waals surface area contributed by atoms with Gasteiger partial charge < -0.3 is 15.3 Å². The van der Waals surface area contributed by atoms with E-state index in [0.717, 1.165) is 0 Å². The van der Waals surface area contributed by atoms with E-state index < -0.39 is 5.97 Å².